The zero-order valence-electron chi connectivity index (χ0n) is 26.2. The first-order valence-corrected chi connectivity index (χ1v) is 15.5. The molecule has 0 bridgehead atoms. The summed E-state index contributed by atoms with van der Waals surface area (Å²) in [6.07, 6.45) is 7.81. The van der Waals surface area contributed by atoms with Crippen LogP contribution in [0.25, 0.3) is 11.1 Å². The highest BCUT2D eigenvalue weighted by molar-refractivity contribution is 5.87. The van der Waals surface area contributed by atoms with Gasteiger partial charge in [-0.3, -0.25) is 0 Å². The predicted octanol–water partition coefficient (Wildman–Crippen LogP) is 10.1. The third-order valence-corrected chi connectivity index (χ3v) is 9.43. The lowest BCUT2D eigenvalue weighted by Crippen LogP contribution is -2.37. The number of hydrogen-bond donors (Lipinski definition) is 0. The molecule has 4 heteroatoms. The number of aryl methyl sites for hydroxylation is 2. The molecule has 3 aromatic carbocycles. The fourth-order valence-corrected chi connectivity index (χ4v) is 6.41. The van der Waals surface area contributed by atoms with E-state index in [1.54, 1.807) is 0 Å². The van der Waals surface area contributed by atoms with Crippen LogP contribution in [0.5, 0.6) is 0 Å². The van der Waals surface area contributed by atoms with Gasteiger partial charge in [0.25, 0.3) is 0 Å². The molecule has 0 N–H and O–H groups in total. The molecular weight excluding hydrogens is 500 g/mol. The molecule has 0 saturated heterocycles. The lowest BCUT2D eigenvalue weighted by atomic mass is 9.75. The quantitative estimate of drug-likeness (QED) is 0.209. The topological polar surface area (TPSA) is 32.3 Å². The van der Waals surface area contributed by atoms with Gasteiger partial charge in [-0.2, -0.15) is 0 Å². The van der Waals surface area contributed by atoms with Crippen molar-refractivity contribution >= 4 is 23.0 Å². The maximum atomic E-state index is 4.96. The molecule has 214 valence electrons. The molecule has 2 heterocycles. The number of fused-ring (bicyclic) bond motifs is 1. The summed E-state index contributed by atoms with van der Waals surface area (Å²) < 4.78 is 0. The molecule has 1 unspecified atom stereocenters. The molecular formula is C37H46N4. The molecule has 0 radical (unpaired) electrons. The zero-order chi connectivity index (χ0) is 29.3. The van der Waals surface area contributed by atoms with Crippen LogP contribution in [0.4, 0.5) is 23.0 Å². The van der Waals surface area contributed by atoms with E-state index in [-0.39, 0.29) is 11.6 Å². The standard InChI is InChI=1S/C37H46N4/c1-9-27-17-19-29(20-18-27)40-26(7)41(36-35(40)38-21-22-39-36)34-24-32(31-16-14-13-15-30(31)25(5)6)28(10-2)23-33(34)37(8,11-3)12-4/h13-26H,9-12H2,1-8H3. The summed E-state index contributed by atoms with van der Waals surface area (Å²) in [4.78, 5) is 14.6. The van der Waals surface area contributed by atoms with Gasteiger partial charge < -0.3 is 9.80 Å². The monoisotopic (exact) mass is 546 g/mol. The van der Waals surface area contributed by atoms with Crippen molar-refractivity contribution in [3.05, 3.63) is 95.3 Å². The van der Waals surface area contributed by atoms with E-state index >= 15 is 0 Å². The van der Waals surface area contributed by atoms with Gasteiger partial charge in [0, 0.05) is 23.8 Å². The number of rotatable bonds is 9. The highest BCUT2D eigenvalue weighted by atomic mass is 15.5. The Hall–Kier alpha value is -3.66. The molecule has 5 rings (SSSR count). The third-order valence-electron chi connectivity index (χ3n) is 9.43. The highest BCUT2D eigenvalue weighted by Crippen LogP contribution is 2.50. The van der Waals surface area contributed by atoms with Gasteiger partial charge in [0.05, 0.1) is 0 Å². The number of nitrogens with zero attached hydrogens (tertiary/aromatic N) is 4. The normalized spacial score (nSPS) is 15.1. The molecule has 0 saturated carbocycles. The van der Waals surface area contributed by atoms with Crippen LogP contribution < -0.4 is 9.80 Å². The van der Waals surface area contributed by atoms with Crippen molar-refractivity contribution in [2.75, 3.05) is 9.80 Å². The number of hydrogen-bond acceptors (Lipinski definition) is 4. The predicted molar refractivity (Wildman–Crippen MR) is 175 cm³/mol. The minimum atomic E-state index is 0.0113. The Morgan fingerprint density at radius 2 is 1.41 bits per heavy atom. The first-order valence-electron chi connectivity index (χ1n) is 15.5. The first-order chi connectivity index (χ1) is 19.8. The van der Waals surface area contributed by atoms with Crippen LogP contribution in [0.15, 0.2) is 73.1 Å². The van der Waals surface area contributed by atoms with E-state index in [0.717, 1.165) is 43.0 Å². The summed E-state index contributed by atoms with van der Waals surface area (Å²) in [6, 6.07) is 22.8. The fraction of sp³-hybridized carbons (Fsp3) is 0.405. The Bertz CT molecular complexity index is 1500. The van der Waals surface area contributed by atoms with Gasteiger partial charge in [-0.05, 0) is 95.5 Å². The second kappa shape index (κ2) is 11.7. The van der Waals surface area contributed by atoms with Crippen LogP contribution in [0, 0.1) is 0 Å². The van der Waals surface area contributed by atoms with Crippen LogP contribution in [0.2, 0.25) is 0 Å². The smallest absolute Gasteiger partial charge is 0.178 e. The van der Waals surface area contributed by atoms with Gasteiger partial charge >= 0.3 is 0 Å². The minimum Gasteiger partial charge on any atom is -0.302 e. The van der Waals surface area contributed by atoms with E-state index in [4.69, 9.17) is 9.97 Å². The summed E-state index contributed by atoms with van der Waals surface area (Å²) in [5.41, 5.74) is 10.6. The van der Waals surface area contributed by atoms with Crippen LogP contribution in [0.3, 0.4) is 0 Å². The SMILES string of the molecule is CCc1ccc(N2c3nccnc3N(c3cc(-c4ccccc4C(C)C)c(CC)cc3C(C)(CC)CC)C2C)cc1. The van der Waals surface area contributed by atoms with E-state index in [1.807, 2.05) is 12.4 Å². The van der Waals surface area contributed by atoms with Crippen LogP contribution in [-0.4, -0.2) is 16.1 Å². The molecule has 0 aliphatic carbocycles. The minimum absolute atomic E-state index is 0.0113. The highest BCUT2D eigenvalue weighted by Gasteiger charge is 2.40. The molecule has 0 spiro atoms. The number of anilines is 4. The van der Waals surface area contributed by atoms with Gasteiger partial charge in [0.1, 0.15) is 6.17 Å². The Kier molecular flexibility index (Phi) is 8.22. The van der Waals surface area contributed by atoms with Crippen molar-refractivity contribution in [2.45, 2.75) is 98.6 Å². The van der Waals surface area contributed by atoms with Crippen molar-refractivity contribution in [3.63, 3.8) is 0 Å². The maximum Gasteiger partial charge on any atom is 0.178 e. The zero-order valence-corrected chi connectivity index (χ0v) is 26.2. The van der Waals surface area contributed by atoms with Crippen molar-refractivity contribution < 1.29 is 0 Å². The average Bonchev–Trinajstić information content (AvgIpc) is 3.31. The van der Waals surface area contributed by atoms with Gasteiger partial charge in [0.15, 0.2) is 11.6 Å². The lowest BCUT2D eigenvalue weighted by Gasteiger charge is -2.37. The summed E-state index contributed by atoms with van der Waals surface area (Å²) in [5, 5.41) is 0. The molecule has 1 aromatic heterocycles. The summed E-state index contributed by atoms with van der Waals surface area (Å²) in [5.74, 6) is 2.27. The van der Waals surface area contributed by atoms with Gasteiger partial charge in [-0.1, -0.05) is 90.9 Å². The average molecular weight is 547 g/mol. The summed E-state index contributed by atoms with van der Waals surface area (Å²) in [6.45, 7) is 18.4. The van der Waals surface area contributed by atoms with E-state index in [0.29, 0.717) is 5.92 Å². The van der Waals surface area contributed by atoms with E-state index in [9.17, 15) is 0 Å². The van der Waals surface area contributed by atoms with Crippen molar-refractivity contribution in [2.24, 2.45) is 0 Å². The fourth-order valence-electron chi connectivity index (χ4n) is 6.41. The third kappa shape index (κ3) is 5.03. The first kappa shape index (κ1) is 28.9. The van der Waals surface area contributed by atoms with Gasteiger partial charge in [0.2, 0.25) is 0 Å². The molecule has 0 amide bonds. The Balaban J connectivity index is 1.78. The van der Waals surface area contributed by atoms with Crippen molar-refractivity contribution in [1.82, 2.24) is 9.97 Å². The Morgan fingerprint density at radius 1 is 0.780 bits per heavy atom. The molecule has 0 fully saturated rings. The maximum absolute atomic E-state index is 4.96. The largest absolute Gasteiger partial charge is 0.302 e. The second-order valence-electron chi connectivity index (χ2n) is 12.0. The van der Waals surface area contributed by atoms with E-state index in [2.05, 4.69) is 126 Å². The molecule has 4 nitrogen and oxygen atoms in total. The number of benzene rings is 3. The van der Waals surface area contributed by atoms with Crippen LogP contribution in [-0.2, 0) is 18.3 Å². The molecule has 1 atom stereocenters. The Morgan fingerprint density at radius 3 is 2.00 bits per heavy atom. The van der Waals surface area contributed by atoms with E-state index < -0.39 is 0 Å². The summed E-state index contributed by atoms with van der Waals surface area (Å²) in [7, 11) is 0. The molecule has 4 aromatic rings. The lowest BCUT2D eigenvalue weighted by molar-refractivity contribution is 0.438. The number of aromatic nitrogens is 2. The second-order valence-corrected chi connectivity index (χ2v) is 12.0. The van der Waals surface area contributed by atoms with Gasteiger partial charge in [-0.15, -0.1) is 0 Å². The Labute approximate surface area is 247 Å². The van der Waals surface area contributed by atoms with Crippen LogP contribution >= 0.6 is 0 Å². The molecule has 1 aliphatic heterocycles. The van der Waals surface area contributed by atoms with Gasteiger partial charge in [-0.25, -0.2) is 9.97 Å². The molecule has 1 aliphatic rings. The summed E-state index contributed by atoms with van der Waals surface area (Å²) >= 11 is 0. The molecule has 41 heavy (non-hydrogen) atoms. The van der Waals surface area contributed by atoms with E-state index in [1.165, 1.54) is 39.1 Å². The van der Waals surface area contributed by atoms with Crippen LogP contribution in [0.1, 0.15) is 96.4 Å². The van der Waals surface area contributed by atoms with Crippen molar-refractivity contribution in [3.8, 4) is 11.1 Å². The van der Waals surface area contributed by atoms with Crippen molar-refractivity contribution in [1.29, 1.82) is 0 Å².